The van der Waals surface area contributed by atoms with Crippen molar-refractivity contribution in [2.75, 3.05) is 35.2 Å². The smallest absolute Gasteiger partial charge is 0.225 e. The summed E-state index contributed by atoms with van der Waals surface area (Å²) in [5.41, 5.74) is 0.993. The second-order valence-electron chi connectivity index (χ2n) is 8.01. The zero-order valence-electron chi connectivity index (χ0n) is 16.6. The van der Waals surface area contributed by atoms with Crippen LogP contribution >= 0.6 is 11.6 Å². The molecule has 2 aliphatic rings. The van der Waals surface area contributed by atoms with Crippen LogP contribution in [-0.2, 0) is 4.79 Å². The molecule has 2 fully saturated rings. The number of hydrogen-bond acceptors (Lipinski definition) is 6. The third-order valence-corrected chi connectivity index (χ3v) is 6.12. The molecule has 3 heterocycles. The lowest BCUT2D eigenvalue weighted by Crippen LogP contribution is -2.35. The summed E-state index contributed by atoms with van der Waals surface area (Å²) in [7, 11) is 0. The van der Waals surface area contributed by atoms with Gasteiger partial charge < -0.3 is 15.5 Å². The van der Waals surface area contributed by atoms with E-state index in [-0.39, 0.29) is 5.91 Å². The van der Waals surface area contributed by atoms with Crippen molar-refractivity contribution < 1.29 is 4.79 Å². The SMILES string of the molecule is CC(=O)Nc1ccc(NCC[C@@H]2CC2C2CCN(c3ncc(Cl)cn3)CC2)cn1. The standard InChI is InChI=1S/C21H27ClN6O/c1-14(29)27-20-3-2-18(13-24-20)23-7-4-16-10-19(16)15-5-8-28(9-6-15)21-25-11-17(22)12-26-21/h2-3,11-13,15-16,19,23H,4-10H2,1H3,(H,24,27,29)/t16-,19?/m1/s1. The van der Waals surface area contributed by atoms with Gasteiger partial charge in [0.1, 0.15) is 5.82 Å². The first-order valence-corrected chi connectivity index (χ1v) is 10.7. The fourth-order valence-corrected chi connectivity index (χ4v) is 4.43. The van der Waals surface area contributed by atoms with E-state index >= 15 is 0 Å². The van der Waals surface area contributed by atoms with Crippen LogP contribution in [0.4, 0.5) is 17.5 Å². The molecule has 0 bridgehead atoms. The van der Waals surface area contributed by atoms with Crippen LogP contribution < -0.4 is 15.5 Å². The Bertz CT molecular complexity index is 820. The fraction of sp³-hybridized carbons (Fsp3) is 0.524. The largest absolute Gasteiger partial charge is 0.384 e. The van der Waals surface area contributed by atoms with Gasteiger partial charge in [0.05, 0.1) is 29.3 Å². The van der Waals surface area contributed by atoms with Crippen molar-refractivity contribution in [3.8, 4) is 0 Å². The van der Waals surface area contributed by atoms with Gasteiger partial charge in [-0.2, -0.15) is 0 Å². The first kappa shape index (κ1) is 19.9. The number of rotatable bonds is 7. The molecule has 8 heteroatoms. The molecule has 1 unspecified atom stereocenters. The van der Waals surface area contributed by atoms with Gasteiger partial charge in [0.15, 0.2) is 0 Å². The van der Waals surface area contributed by atoms with Crippen LogP contribution in [0.3, 0.4) is 0 Å². The number of halogens is 1. The molecule has 1 aliphatic heterocycles. The summed E-state index contributed by atoms with van der Waals surface area (Å²) in [6, 6.07) is 3.78. The van der Waals surface area contributed by atoms with E-state index in [2.05, 4.69) is 30.5 Å². The van der Waals surface area contributed by atoms with Crippen molar-refractivity contribution >= 4 is 35.0 Å². The zero-order chi connectivity index (χ0) is 20.2. The number of pyridine rings is 1. The highest BCUT2D eigenvalue weighted by molar-refractivity contribution is 6.30. The molecule has 29 heavy (non-hydrogen) atoms. The third-order valence-electron chi connectivity index (χ3n) is 5.92. The summed E-state index contributed by atoms with van der Waals surface area (Å²) in [5.74, 6) is 3.79. The van der Waals surface area contributed by atoms with Crippen LogP contribution in [0, 0.1) is 17.8 Å². The van der Waals surface area contributed by atoms with E-state index in [1.54, 1.807) is 18.6 Å². The van der Waals surface area contributed by atoms with Gasteiger partial charge in [-0.25, -0.2) is 15.0 Å². The van der Waals surface area contributed by atoms with Crippen molar-refractivity contribution in [2.45, 2.75) is 32.6 Å². The van der Waals surface area contributed by atoms with Gasteiger partial charge in [-0.15, -0.1) is 0 Å². The summed E-state index contributed by atoms with van der Waals surface area (Å²) in [6.45, 7) is 4.50. The Labute approximate surface area is 176 Å². The quantitative estimate of drug-likeness (QED) is 0.716. The summed E-state index contributed by atoms with van der Waals surface area (Å²) in [6.07, 6.45) is 10.1. The number of anilines is 3. The molecule has 0 radical (unpaired) electrons. The van der Waals surface area contributed by atoms with Gasteiger partial charge >= 0.3 is 0 Å². The topological polar surface area (TPSA) is 83.0 Å². The predicted molar refractivity (Wildman–Crippen MR) is 115 cm³/mol. The van der Waals surface area contributed by atoms with Crippen molar-refractivity contribution in [1.82, 2.24) is 15.0 Å². The molecular weight excluding hydrogens is 388 g/mol. The molecule has 7 nitrogen and oxygen atoms in total. The number of nitrogens with one attached hydrogen (secondary N) is 2. The van der Waals surface area contributed by atoms with Crippen LogP contribution in [-0.4, -0.2) is 40.5 Å². The van der Waals surface area contributed by atoms with Gasteiger partial charge in [-0.3, -0.25) is 4.79 Å². The summed E-state index contributed by atoms with van der Waals surface area (Å²) in [4.78, 5) is 26.2. The number of amides is 1. The minimum Gasteiger partial charge on any atom is -0.384 e. The van der Waals surface area contributed by atoms with Gasteiger partial charge in [-0.05, 0) is 55.6 Å². The lowest BCUT2D eigenvalue weighted by Gasteiger charge is -2.32. The Morgan fingerprint density at radius 2 is 1.93 bits per heavy atom. The molecule has 1 saturated carbocycles. The molecule has 2 N–H and O–H groups in total. The molecule has 1 saturated heterocycles. The maximum Gasteiger partial charge on any atom is 0.225 e. The first-order chi connectivity index (χ1) is 14.1. The Balaban J connectivity index is 1.16. The summed E-state index contributed by atoms with van der Waals surface area (Å²) in [5, 5.41) is 6.70. The number of carbonyl (C=O) groups excluding carboxylic acids is 1. The predicted octanol–water partition coefficient (Wildman–Crippen LogP) is 3.84. The average Bonchev–Trinajstić information content (AvgIpc) is 3.49. The van der Waals surface area contributed by atoms with E-state index in [1.807, 2.05) is 12.1 Å². The molecule has 2 aromatic heterocycles. The Hall–Kier alpha value is -2.41. The molecular formula is C21H27ClN6O. The van der Waals surface area contributed by atoms with E-state index in [4.69, 9.17) is 11.6 Å². The average molecular weight is 415 g/mol. The third kappa shape index (κ3) is 5.35. The van der Waals surface area contributed by atoms with E-state index < -0.39 is 0 Å². The lowest BCUT2D eigenvalue weighted by molar-refractivity contribution is -0.114. The van der Waals surface area contributed by atoms with Crippen LogP contribution in [0.5, 0.6) is 0 Å². The normalized spacial score (nSPS) is 21.7. The molecule has 0 spiro atoms. The Morgan fingerprint density at radius 1 is 1.17 bits per heavy atom. The van der Waals surface area contributed by atoms with Gasteiger partial charge in [0.25, 0.3) is 0 Å². The van der Waals surface area contributed by atoms with Crippen LogP contribution in [0.15, 0.2) is 30.7 Å². The van der Waals surface area contributed by atoms with Crippen molar-refractivity contribution in [1.29, 1.82) is 0 Å². The molecule has 1 aliphatic carbocycles. The second-order valence-corrected chi connectivity index (χ2v) is 8.45. The van der Waals surface area contributed by atoms with Gasteiger partial charge in [0, 0.05) is 26.6 Å². The summed E-state index contributed by atoms with van der Waals surface area (Å²) < 4.78 is 0. The highest BCUT2D eigenvalue weighted by Crippen LogP contribution is 2.49. The molecule has 2 atom stereocenters. The van der Waals surface area contributed by atoms with Gasteiger partial charge in [-0.1, -0.05) is 11.6 Å². The van der Waals surface area contributed by atoms with Gasteiger partial charge in [0.2, 0.25) is 11.9 Å². The highest BCUT2D eigenvalue weighted by Gasteiger charge is 2.43. The maximum absolute atomic E-state index is 11.0. The second kappa shape index (κ2) is 8.95. The van der Waals surface area contributed by atoms with E-state index in [0.717, 1.165) is 49.0 Å². The van der Waals surface area contributed by atoms with Crippen molar-refractivity contribution in [2.24, 2.45) is 17.8 Å². The summed E-state index contributed by atoms with van der Waals surface area (Å²) >= 11 is 5.88. The number of piperidine rings is 1. The Kier molecular flexibility index (Phi) is 6.13. The lowest BCUT2D eigenvalue weighted by atomic mass is 9.90. The number of hydrogen-bond donors (Lipinski definition) is 2. The fourth-order valence-electron chi connectivity index (χ4n) is 4.33. The van der Waals surface area contributed by atoms with Crippen molar-refractivity contribution in [3.63, 3.8) is 0 Å². The molecule has 2 aromatic rings. The molecule has 4 rings (SSSR count). The monoisotopic (exact) mass is 414 g/mol. The highest BCUT2D eigenvalue weighted by atomic mass is 35.5. The van der Waals surface area contributed by atoms with E-state index in [1.165, 1.54) is 32.6 Å². The molecule has 154 valence electrons. The van der Waals surface area contributed by atoms with Crippen LogP contribution in [0.2, 0.25) is 5.02 Å². The minimum atomic E-state index is -0.107. The molecule has 0 aromatic carbocycles. The zero-order valence-corrected chi connectivity index (χ0v) is 17.4. The number of nitrogens with zero attached hydrogens (tertiary/aromatic N) is 4. The Morgan fingerprint density at radius 3 is 2.59 bits per heavy atom. The molecule has 1 amide bonds. The first-order valence-electron chi connectivity index (χ1n) is 10.3. The maximum atomic E-state index is 11.0. The van der Waals surface area contributed by atoms with E-state index in [0.29, 0.717) is 10.8 Å². The number of aromatic nitrogens is 3. The van der Waals surface area contributed by atoms with Crippen molar-refractivity contribution in [3.05, 3.63) is 35.7 Å². The van der Waals surface area contributed by atoms with E-state index in [9.17, 15) is 4.79 Å². The number of carbonyl (C=O) groups is 1. The minimum absolute atomic E-state index is 0.107. The van der Waals surface area contributed by atoms with Crippen LogP contribution in [0.25, 0.3) is 0 Å². The van der Waals surface area contributed by atoms with Crippen LogP contribution in [0.1, 0.15) is 32.6 Å².